The fraction of sp³-hybridized carbons (Fsp3) is 0.649. The Bertz CT molecular complexity index is 1800. The van der Waals surface area contributed by atoms with Gasteiger partial charge in [-0.25, -0.2) is 0 Å². The summed E-state index contributed by atoms with van der Waals surface area (Å²) in [4.78, 5) is 38.4. The van der Waals surface area contributed by atoms with Gasteiger partial charge in [-0.2, -0.15) is 0 Å². The van der Waals surface area contributed by atoms with Crippen LogP contribution in [0.3, 0.4) is 0 Å². The molecule has 0 bridgehead atoms. The maximum atomic E-state index is 12.9. The summed E-state index contributed by atoms with van der Waals surface area (Å²) in [5.41, 5.74) is 0. The van der Waals surface area contributed by atoms with Gasteiger partial charge in [0.2, 0.25) is 0 Å². The number of allylic oxidation sites excluding steroid dienone is 24. The van der Waals surface area contributed by atoms with Crippen LogP contribution < -0.4 is 0 Å². The van der Waals surface area contributed by atoms with Crippen LogP contribution in [0.5, 0.6) is 0 Å². The Hall–Kier alpha value is -4.71. The second-order valence-corrected chi connectivity index (χ2v) is 22.3. The number of carbonyl (C=O) groups excluding carboxylic acids is 3. The van der Waals surface area contributed by atoms with Gasteiger partial charge in [0.15, 0.2) is 6.10 Å². The molecule has 83 heavy (non-hydrogen) atoms. The van der Waals surface area contributed by atoms with Crippen molar-refractivity contribution in [2.45, 2.75) is 309 Å². The van der Waals surface area contributed by atoms with Crippen LogP contribution in [0.2, 0.25) is 0 Å². The van der Waals surface area contributed by atoms with E-state index in [2.05, 4.69) is 167 Å². The molecule has 470 valence electrons. The lowest BCUT2D eigenvalue weighted by molar-refractivity contribution is -0.167. The summed E-state index contributed by atoms with van der Waals surface area (Å²) < 4.78 is 16.9. The fourth-order valence-corrected chi connectivity index (χ4v) is 9.28. The summed E-state index contributed by atoms with van der Waals surface area (Å²) in [5.74, 6) is -0.967. The first-order chi connectivity index (χ1) is 41.0. The Kier molecular flexibility index (Phi) is 65.8. The van der Waals surface area contributed by atoms with Crippen molar-refractivity contribution < 1.29 is 28.6 Å². The SMILES string of the molecule is CC/C=C\C/C=C\C/C=C\C/C=C\C/C=C\C/C=C\C/C=C\C/C=C\C/C=C\CCCC(=O)OCC(COC(=O)CCCCCCCCC/C=C\C/C=C\C/C=C\CC)OC(=O)CCCCCCCCCCCCCCCCCCCCC. The largest absolute Gasteiger partial charge is 0.462 e. The predicted octanol–water partition coefficient (Wildman–Crippen LogP) is 23.9. The molecule has 1 atom stereocenters. The zero-order valence-corrected chi connectivity index (χ0v) is 53.9. The third-order valence-electron chi connectivity index (χ3n) is 14.3. The minimum absolute atomic E-state index is 0.104. The molecule has 1 unspecified atom stereocenters. The first-order valence-corrected chi connectivity index (χ1v) is 34.3. The van der Waals surface area contributed by atoms with Crippen molar-refractivity contribution in [1.29, 1.82) is 0 Å². The van der Waals surface area contributed by atoms with Crippen molar-refractivity contribution in [3.8, 4) is 0 Å². The summed E-state index contributed by atoms with van der Waals surface area (Å²) in [7, 11) is 0. The van der Waals surface area contributed by atoms with Crippen LogP contribution in [0.4, 0.5) is 0 Å². The van der Waals surface area contributed by atoms with E-state index in [9.17, 15) is 14.4 Å². The number of hydrogen-bond acceptors (Lipinski definition) is 6. The van der Waals surface area contributed by atoms with E-state index < -0.39 is 6.10 Å². The van der Waals surface area contributed by atoms with Crippen molar-refractivity contribution in [1.82, 2.24) is 0 Å². The van der Waals surface area contributed by atoms with Gasteiger partial charge in [-0.3, -0.25) is 14.4 Å². The molecule has 0 spiro atoms. The first-order valence-electron chi connectivity index (χ1n) is 34.3. The van der Waals surface area contributed by atoms with Gasteiger partial charge in [-0.05, 0) is 116 Å². The van der Waals surface area contributed by atoms with Gasteiger partial charge in [0.25, 0.3) is 0 Å². The molecule has 0 saturated carbocycles. The van der Waals surface area contributed by atoms with Crippen molar-refractivity contribution in [2.75, 3.05) is 13.2 Å². The first kappa shape index (κ1) is 78.3. The predicted molar refractivity (Wildman–Crippen MR) is 362 cm³/mol. The lowest BCUT2D eigenvalue weighted by Gasteiger charge is -2.18. The monoisotopic (exact) mass is 1150 g/mol. The minimum atomic E-state index is -0.812. The summed E-state index contributed by atoms with van der Waals surface area (Å²) in [6, 6.07) is 0. The maximum absolute atomic E-state index is 12.9. The van der Waals surface area contributed by atoms with Crippen LogP contribution in [-0.4, -0.2) is 37.2 Å². The molecule has 0 aromatic rings. The molecular formula is C77H126O6. The molecule has 0 aromatic carbocycles. The van der Waals surface area contributed by atoms with Crippen LogP contribution >= 0.6 is 0 Å². The molecule has 0 aliphatic carbocycles. The molecule has 0 saturated heterocycles. The second kappa shape index (κ2) is 69.8. The molecule has 6 heteroatoms. The Morgan fingerprint density at radius 2 is 0.482 bits per heavy atom. The standard InChI is InChI=1S/C77H126O6/c1-4-7-10-13-16-19-22-25-28-31-33-34-35-36-37-38-39-40-41-42-44-46-49-52-55-58-61-64-67-70-76(79)82-73-74(72-81-75(78)69-66-63-60-57-54-51-48-45-30-27-24-21-18-15-12-9-6-3)83-77(80)71-68-65-62-59-56-53-50-47-43-32-29-26-23-20-17-14-11-8-5-2/h7,9-10,12,16,18-19,21,25,27-28,30,33-34,36-37,39-40,42,44,49,52,58,61,74H,4-6,8,11,13-15,17,20,22-24,26,29,31-32,35,38,41,43,45-48,50-51,53-57,59-60,62-73H2,1-3H3/b10-7-,12-9-,19-16-,21-18-,28-25-,30-27-,34-33-,37-36-,40-39-,44-42-,52-49-,61-58-. The molecule has 0 aliphatic heterocycles. The van der Waals surface area contributed by atoms with E-state index in [0.717, 1.165) is 128 Å². The third kappa shape index (κ3) is 68.0. The molecular weight excluding hydrogens is 1020 g/mol. The number of esters is 3. The molecule has 0 amide bonds. The summed E-state index contributed by atoms with van der Waals surface area (Å²) >= 11 is 0. The average Bonchev–Trinajstić information content (AvgIpc) is 3.49. The van der Waals surface area contributed by atoms with Crippen LogP contribution in [0.25, 0.3) is 0 Å². The van der Waals surface area contributed by atoms with Crippen molar-refractivity contribution in [3.63, 3.8) is 0 Å². The number of ether oxygens (including phenoxy) is 3. The molecule has 0 aromatic heterocycles. The second-order valence-electron chi connectivity index (χ2n) is 22.3. The smallest absolute Gasteiger partial charge is 0.306 e. The Labute approximate surface area is 512 Å². The van der Waals surface area contributed by atoms with Gasteiger partial charge in [0, 0.05) is 19.3 Å². The zero-order valence-electron chi connectivity index (χ0n) is 53.9. The molecule has 6 nitrogen and oxygen atoms in total. The van der Waals surface area contributed by atoms with Crippen LogP contribution in [0, 0.1) is 0 Å². The Morgan fingerprint density at radius 3 is 0.783 bits per heavy atom. The average molecular weight is 1150 g/mol. The lowest BCUT2D eigenvalue weighted by atomic mass is 10.0. The highest BCUT2D eigenvalue weighted by Crippen LogP contribution is 2.16. The van der Waals surface area contributed by atoms with Gasteiger partial charge >= 0.3 is 17.9 Å². The van der Waals surface area contributed by atoms with Gasteiger partial charge in [0.1, 0.15) is 13.2 Å². The van der Waals surface area contributed by atoms with Gasteiger partial charge in [-0.1, -0.05) is 314 Å². The van der Waals surface area contributed by atoms with Crippen molar-refractivity contribution in [3.05, 3.63) is 146 Å². The molecule has 0 radical (unpaired) electrons. The molecule has 0 heterocycles. The minimum Gasteiger partial charge on any atom is -0.462 e. The topological polar surface area (TPSA) is 78.9 Å². The van der Waals surface area contributed by atoms with Crippen LogP contribution in [0.1, 0.15) is 303 Å². The normalized spacial score (nSPS) is 13.0. The van der Waals surface area contributed by atoms with Gasteiger partial charge in [-0.15, -0.1) is 0 Å². The molecule has 0 aliphatic rings. The lowest BCUT2D eigenvalue weighted by Crippen LogP contribution is -2.30. The van der Waals surface area contributed by atoms with E-state index in [-0.39, 0.29) is 37.5 Å². The number of rotatable bonds is 61. The van der Waals surface area contributed by atoms with E-state index >= 15 is 0 Å². The highest BCUT2D eigenvalue weighted by molar-refractivity contribution is 5.71. The quantitative estimate of drug-likeness (QED) is 0.0261. The Balaban J connectivity index is 4.48. The van der Waals surface area contributed by atoms with E-state index in [0.29, 0.717) is 19.3 Å². The molecule has 0 rings (SSSR count). The van der Waals surface area contributed by atoms with E-state index in [1.807, 2.05) is 0 Å². The molecule has 0 N–H and O–H groups in total. The molecule has 0 fully saturated rings. The van der Waals surface area contributed by atoms with Gasteiger partial charge < -0.3 is 14.2 Å². The summed E-state index contributed by atoms with van der Waals surface area (Å²) in [6.07, 6.45) is 100. The van der Waals surface area contributed by atoms with Gasteiger partial charge in [0.05, 0.1) is 0 Å². The highest BCUT2D eigenvalue weighted by Gasteiger charge is 2.19. The third-order valence-corrected chi connectivity index (χ3v) is 14.3. The Morgan fingerprint density at radius 1 is 0.253 bits per heavy atom. The van der Waals surface area contributed by atoms with Crippen LogP contribution in [0.15, 0.2) is 146 Å². The highest BCUT2D eigenvalue weighted by atomic mass is 16.6. The maximum Gasteiger partial charge on any atom is 0.306 e. The van der Waals surface area contributed by atoms with E-state index in [1.165, 1.54) is 128 Å². The van der Waals surface area contributed by atoms with Crippen molar-refractivity contribution in [2.24, 2.45) is 0 Å². The summed E-state index contributed by atoms with van der Waals surface area (Å²) in [5, 5.41) is 0. The van der Waals surface area contributed by atoms with E-state index in [1.54, 1.807) is 0 Å². The van der Waals surface area contributed by atoms with Crippen LogP contribution in [-0.2, 0) is 28.6 Å². The number of unbranched alkanes of at least 4 members (excludes halogenated alkanes) is 26. The zero-order chi connectivity index (χ0) is 59.9. The van der Waals surface area contributed by atoms with Crippen molar-refractivity contribution >= 4 is 17.9 Å². The number of hydrogen-bond donors (Lipinski definition) is 0. The van der Waals surface area contributed by atoms with E-state index in [4.69, 9.17) is 14.2 Å². The number of carbonyl (C=O) groups is 3. The fourth-order valence-electron chi connectivity index (χ4n) is 9.28. The summed E-state index contributed by atoms with van der Waals surface area (Å²) in [6.45, 7) is 6.39.